The molecule has 0 atom stereocenters. The number of carbonyl (C=O) groups excluding carboxylic acids is 1. The lowest BCUT2D eigenvalue weighted by atomic mass is 10.1. The van der Waals surface area contributed by atoms with Crippen molar-refractivity contribution in [2.24, 2.45) is 0 Å². The first-order valence-corrected chi connectivity index (χ1v) is 5.18. The van der Waals surface area contributed by atoms with Gasteiger partial charge in [-0.15, -0.1) is 11.3 Å². The Kier molecular flexibility index (Phi) is 2.46. The zero-order valence-corrected chi connectivity index (χ0v) is 8.95. The zero-order valence-electron chi connectivity index (χ0n) is 8.13. The monoisotopic (exact) mass is 245 g/mol. The van der Waals surface area contributed by atoms with Gasteiger partial charge >= 0.3 is 6.18 Å². The Morgan fingerprint density at radius 2 is 2.06 bits per heavy atom. The van der Waals surface area contributed by atoms with Gasteiger partial charge in [0, 0.05) is 5.56 Å². The highest BCUT2D eigenvalue weighted by Gasteiger charge is 2.34. The van der Waals surface area contributed by atoms with E-state index in [1.807, 2.05) is 0 Å². The molecule has 2 rings (SSSR count). The molecule has 0 spiro atoms. The maximum absolute atomic E-state index is 12.4. The minimum Gasteiger partial charge on any atom is -0.295 e. The van der Waals surface area contributed by atoms with E-state index in [-0.39, 0.29) is 11.3 Å². The number of ketones is 1. The Hall–Kier alpha value is -1.43. The molecule has 1 heterocycles. The summed E-state index contributed by atoms with van der Waals surface area (Å²) in [6.07, 6.45) is -4.43. The van der Waals surface area contributed by atoms with Crippen molar-refractivity contribution < 1.29 is 18.0 Å². The standard InChI is InChI=1S/C10H6F3NOS/c1-5(15)6-2-3-7-8(4-6)16-9(14-7)10(11,12)13/h2-4H,1H3. The van der Waals surface area contributed by atoms with Gasteiger partial charge < -0.3 is 0 Å². The highest BCUT2D eigenvalue weighted by molar-refractivity contribution is 7.18. The van der Waals surface area contributed by atoms with Gasteiger partial charge in [0.25, 0.3) is 0 Å². The zero-order chi connectivity index (χ0) is 11.9. The lowest BCUT2D eigenvalue weighted by Gasteiger charge is -1.98. The van der Waals surface area contributed by atoms with Crippen LogP contribution in [0.1, 0.15) is 22.3 Å². The fourth-order valence-electron chi connectivity index (χ4n) is 1.26. The number of benzene rings is 1. The molecule has 0 fully saturated rings. The van der Waals surface area contributed by atoms with Crippen molar-refractivity contribution in [1.29, 1.82) is 0 Å². The summed E-state index contributed by atoms with van der Waals surface area (Å²) in [6, 6.07) is 4.34. The van der Waals surface area contributed by atoms with Gasteiger partial charge in [-0.2, -0.15) is 13.2 Å². The predicted molar refractivity (Wildman–Crippen MR) is 54.6 cm³/mol. The third-order valence-corrected chi connectivity index (χ3v) is 3.10. The number of rotatable bonds is 1. The summed E-state index contributed by atoms with van der Waals surface area (Å²) >= 11 is 0.547. The second kappa shape index (κ2) is 3.55. The van der Waals surface area contributed by atoms with Gasteiger partial charge in [-0.05, 0) is 25.1 Å². The van der Waals surface area contributed by atoms with E-state index >= 15 is 0 Å². The fourth-order valence-corrected chi connectivity index (χ4v) is 2.14. The first-order valence-electron chi connectivity index (χ1n) is 4.36. The normalized spacial score (nSPS) is 12.0. The molecule has 0 N–H and O–H groups in total. The van der Waals surface area contributed by atoms with Crippen LogP contribution in [0.3, 0.4) is 0 Å². The van der Waals surface area contributed by atoms with Crippen molar-refractivity contribution in [2.75, 3.05) is 0 Å². The van der Waals surface area contributed by atoms with E-state index in [2.05, 4.69) is 4.98 Å². The molecule has 2 aromatic rings. The first kappa shape index (κ1) is 11.1. The molecule has 0 bridgehead atoms. The summed E-state index contributed by atoms with van der Waals surface area (Å²) in [5.41, 5.74) is 0.659. The van der Waals surface area contributed by atoms with E-state index in [9.17, 15) is 18.0 Å². The molecule has 0 aliphatic rings. The van der Waals surface area contributed by atoms with Crippen LogP contribution in [0.15, 0.2) is 18.2 Å². The summed E-state index contributed by atoms with van der Waals surface area (Å²) in [4.78, 5) is 14.5. The second-order valence-corrected chi connectivity index (χ2v) is 4.29. The van der Waals surface area contributed by atoms with Crippen molar-refractivity contribution >= 4 is 27.3 Å². The van der Waals surface area contributed by atoms with Gasteiger partial charge in [0.05, 0.1) is 10.2 Å². The highest BCUT2D eigenvalue weighted by atomic mass is 32.1. The van der Waals surface area contributed by atoms with Crippen LogP contribution in [0.25, 0.3) is 10.2 Å². The number of hydrogen-bond acceptors (Lipinski definition) is 3. The molecule has 1 aromatic carbocycles. The third kappa shape index (κ3) is 1.92. The van der Waals surface area contributed by atoms with Crippen LogP contribution in [0.5, 0.6) is 0 Å². The van der Waals surface area contributed by atoms with Crippen molar-refractivity contribution in [3.05, 3.63) is 28.8 Å². The van der Waals surface area contributed by atoms with Gasteiger partial charge in [-0.1, -0.05) is 0 Å². The molecule has 2 nitrogen and oxygen atoms in total. The molecule has 0 aliphatic heterocycles. The lowest BCUT2D eigenvalue weighted by molar-refractivity contribution is -0.137. The van der Waals surface area contributed by atoms with Crippen molar-refractivity contribution in [3.8, 4) is 0 Å². The molecule has 0 saturated carbocycles. The minimum atomic E-state index is -4.43. The maximum Gasteiger partial charge on any atom is 0.443 e. The molecule has 0 amide bonds. The predicted octanol–water partition coefficient (Wildman–Crippen LogP) is 3.52. The van der Waals surface area contributed by atoms with Gasteiger partial charge in [0.15, 0.2) is 10.8 Å². The molecule has 0 unspecified atom stereocenters. The van der Waals surface area contributed by atoms with Gasteiger partial charge in [-0.25, -0.2) is 4.98 Å². The number of hydrogen-bond donors (Lipinski definition) is 0. The topological polar surface area (TPSA) is 30.0 Å². The van der Waals surface area contributed by atoms with Crippen LogP contribution in [-0.2, 0) is 6.18 Å². The van der Waals surface area contributed by atoms with E-state index in [0.29, 0.717) is 21.6 Å². The average molecular weight is 245 g/mol. The van der Waals surface area contributed by atoms with Crippen molar-refractivity contribution in [2.45, 2.75) is 13.1 Å². The summed E-state index contributed by atoms with van der Waals surface area (Å²) in [6.45, 7) is 1.37. The number of thiazole rings is 1. The number of fused-ring (bicyclic) bond motifs is 1. The van der Waals surface area contributed by atoms with Crippen molar-refractivity contribution in [1.82, 2.24) is 4.98 Å². The van der Waals surface area contributed by atoms with Crippen LogP contribution < -0.4 is 0 Å². The third-order valence-electron chi connectivity index (χ3n) is 2.04. The van der Waals surface area contributed by atoms with Crippen LogP contribution in [0, 0.1) is 0 Å². The molecule has 16 heavy (non-hydrogen) atoms. The molecular weight excluding hydrogens is 239 g/mol. The number of aromatic nitrogens is 1. The molecule has 1 aromatic heterocycles. The molecule has 0 saturated heterocycles. The van der Waals surface area contributed by atoms with Gasteiger partial charge in [0.1, 0.15) is 0 Å². The summed E-state index contributed by atoms with van der Waals surface area (Å²) < 4.78 is 37.5. The van der Waals surface area contributed by atoms with Crippen LogP contribution in [0.4, 0.5) is 13.2 Å². The van der Waals surface area contributed by atoms with Gasteiger partial charge in [-0.3, -0.25) is 4.79 Å². The average Bonchev–Trinajstić information content (AvgIpc) is 2.58. The van der Waals surface area contributed by atoms with E-state index in [4.69, 9.17) is 0 Å². The molecule has 6 heteroatoms. The highest BCUT2D eigenvalue weighted by Crippen LogP contribution is 2.35. The first-order chi connectivity index (χ1) is 7.38. The Morgan fingerprint density at radius 3 is 2.62 bits per heavy atom. The number of halogens is 3. The Balaban J connectivity index is 2.59. The van der Waals surface area contributed by atoms with E-state index in [0.717, 1.165) is 0 Å². The van der Waals surface area contributed by atoms with Crippen LogP contribution >= 0.6 is 11.3 Å². The quantitative estimate of drug-likeness (QED) is 0.719. The summed E-state index contributed by atoms with van der Waals surface area (Å²) in [7, 11) is 0. The Labute approximate surface area is 92.7 Å². The molecular formula is C10H6F3NOS. The van der Waals surface area contributed by atoms with E-state index < -0.39 is 11.2 Å². The Bertz CT molecular complexity index is 559. The number of Topliss-reactive ketones (excluding diaryl/α,β-unsaturated/α-hetero) is 1. The molecule has 0 radical (unpaired) electrons. The largest absolute Gasteiger partial charge is 0.443 e. The summed E-state index contributed by atoms with van der Waals surface area (Å²) in [5.74, 6) is -0.177. The van der Waals surface area contributed by atoms with Crippen LogP contribution in [0.2, 0.25) is 0 Å². The SMILES string of the molecule is CC(=O)c1ccc2nc(C(F)(F)F)sc2c1. The fraction of sp³-hybridized carbons (Fsp3) is 0.200. The maximum atomic E-state index is 12.4. The summed E-state index contributed by atoms with van der Waals surface area (Å²) in [5, 5.41) is -0.886. The second-order valence-electron chi connectivity index (χ2n) is 3.26. The molecule has 84 valence electrons. The Morgan fingerprint density at radius 1 is 1.38 bits per heavy atom. The number of carbonyl (C=O) groups is 1. The van der Waals surface area contributed by atoms with E-state index in [1.54, 1.807) is 0 Å². The smallest absolute Gasteiger partial charge is 0.295 e. The van der Waals surface area contributed by atoms with E-state index in [1.165, 1.54) is 25.1 Å². The number of alkyl halides is 3. The number of nitrogens with zero attached hydrogens (tertiary/aromatic N) is 1. The minimum absolute atomic E-state index is 0.177. The van der Waals surface area contributed by atoms with Gasteiger partial charge in [0.2, 0.25) is 0 Å². The van der Waals surface area contributed by atoms with Crippen LogP contribution in [-0.4, -0.2) is 10.8 Å². The van der Waals surface area contributed by atoms with Crippen molar-refractivity contribution in [3.63, 3.8) is 0 Å². The lowest BCUT2D eigenvalue weighted by Crippen LogP contribution is -2.03. The molecule has 0 aliphatic carbocycles.